The molecule has 3 N–H and O–H groups in total. The predicted octanol–water partition coefficient (Wildman–Crippen LogP) is 4.01. The van der Waals surface area contributed by atoms with Crippen LogP contribution in [0.2, 0.25) is 0 Å². The maximum atomic E-state index is 13.8. The van der Waals surface area contributed by atoms with E-state index < -0.39 is 17.8 Å². The summed E-state index contributed by atoms with van der Waals surface area (Å²) in [6.45, 7) is 3.87. The number of likely N-dealkylation sites (tertiary alicyclic amines) is 1. The van der Waals surface area contributed by atoms with Crippen LogP contribution in [-0.2, 0) is 0 Å². The van der Waals surface area contributed by atoms with Gasteiger partial charge in [0.05, 0.1) is 19.3 Å². The Kier molecular flexibility index (Phi) is 5.35. The summed E-state index contributed by atoms with van der Waals surface area (Å²) >= 11 is 0. The average Bonchev–Trinajstić information content (AvgIpc) is 3.10. The van der Waals surface area contributed by atoms with Gasteiger partial charge < -0.3 is 29.6 Å². The highest BCUT2D eigenvalue weighted by Gasteiger charge is 2.43. The number of methoxy groups -OCH3 is 1. The van der Waals surface area contributed by atoms with E-state index in [4.69, 9.17) is 9.47 Å². The first kappa shape index (κ1) is 21.2. The summed E-state index contributed by atoms with van der Waals surface area (Å²) in [5.74, 6) is 1.09. The summed E-state index contributed by atoms with van der Waals surface area (Å²) < 4.78 is 25.5. The number of H-pyrrole nitrogens is 1. The Morgan fingerprint density at radius 3 is 2.78 bits per heavy atom. The number of rotatable bonds is 4. The van der Waals surface area contributed by atoms with Crippen LogP contribution >= 0.6 is 0 Å². The van der Waals surface area contributed by atoms with E-state index in [1.807, 2.05) is 25.1 Å². The second kappa shape index (κ2) is 8.06. The first-order valence-corrected chi connectivity index (χ1v) is 11.1. The number of nitrogens with one attached hydrogen (secondary N) is 1. The Balaban J connectivity index is 1.28. The zero-order valence-corrected chi connectivity index (χ0v) is 18.4. The molecule has 2 atom stereocenters. The second-order valence-electron chi connectivity index (χ2n) is 9.08. The third kappa shape index (κ3) is 3.74. The van der Waals surface area contributed by atoms with Crippen molar-refractivity contribution in [2.45, 2.75) is 44.0 Å². The number of benzene rings is 2. The maximum Gasteiger partial charge on any atom is 0.129 e. The monoisotopic (exact) mass is 440 g/mol. The van der Waals surface area contributed by atoms with Crippen molar-refractivity contribution in [2.75, 3.05) is 26.7 Å². The van der Waals surface area contributed by atoms with Gasteiger partial charge in [-0.25, -0.2) is 4.39 Å². The Morgan fingerprint density at radius 2 is 2.03 bits per heavy atom. The number of β-amino-alcohol motifs (C(OH)–C–C–N with tert-alkyl or cyclic N) is 1. The highest BCUT2D eigenvalue weighted by atomic mass is 19.1. The topological polar surface area (TPSA) is 78.0 Å². The minimum atomic E-state index is -0.720. The van der Waals surface area contributed by atoms with Gasteiger partial charge in [0.1, 0.15) is 22.9 Å². The molecule has 32 heavy (non-hydrogen) atoms. The molecule has 0 amide bonds. The van der Waals surface area contributed by atoms with Crippen LogP contribution in [0.15, 0.2) is 36.4 Å². The third-order valence-electron chi connectivity index (χ3n) is 7.00. The number of fused-ring (bicyclic) bond motifs is 2. The molecule has 2 unspecified atom stereocenters. The van der Waals surface area contributed by atoms with Gasteiger partial charge in [0, 0.05) is 59.8 Å². The van der Waals surface area contributed by atoms with Crippen molar-refractivity contribution in [3.05, 3.63) is 59.0 Å². The van der Waals surface area contributed by atoms with Crippen LogP contribution in [-0.4, -0.2) is 52.4 Å². The molecule has 3 heterocycles. The molecule has 1 fully saturated rings. The molecule has 6 nitrogen and oxygen atoms in total. The van der Waals surface area contributed by atoms with E-state index in [0.717, 1.165) is 53.7 Å². The largest absolute Gasteiger partial charge is 0.497 e. The molecule has 1 spiro atoms. The van der Waals surface area contributed by atoms with Gasteiger partial charge in [0.25, 0.3) is 0 Å². The van der Waals surface area contributed by atoms with E-state index in [0.29, 0.717) is 24.5 Å². The molecule has 2 aliphatic heterocycles. The summed E-state index contributed by atoms with van der Waals surface area (Å²) in [7, 11) is 1.62. The van der Waals surface area contributed by atoms with Gasteiger partial charge in [0.15, 0.2) is 0 Å². The van der Waals surface area contributed by atoms with Crippen molar-refractivity contribution in [1.29, 1.82) is 0 Å². The third-order valence-corrected chi connectivity index (χ3v) is 7.00. The molecule has 170 valence electrons. The minimum Gasteiger partial charge on any atom is -0.497 e. The van der Waals surface area contributed by atoms with Crippen molar-refractivity contribution < 1.29 is 24.1 Å². The smallest absolute Gasteiger partial charge is 0.129 e. The standard InChI is InChI=1S/C25H29FN2O4/c1-15-24(19-11-16(26)3-6-20(19)27-15)22(30)14-28-9-7-25(8-10-28)13-21(29)18-5-4-17(31-2)12-23(18)32-25/h3-6,11-12,21-22,27,29-30H,7-10,13-14H2,1-2H3. The Labute approximate surface area is 186 Å². The van der Waals surface area contributed by atoms with Crippen LogP contribution in [0.1, 0.15) is 48.3 Å². The molecule has 2 aromatic carbocycles. The number of nitrogens with zero attached hydrogens (tertiary/aromatic N) is 1. The molecule has 1 saturated heterocycles. The lowest BCUT2D eigenvalue weighted by Crippen LogP contribution is -2.51. The van der Waals surface area contributed by atoms with Gasteiger partial charge in [-0.2, -0.15) is 0 Å². The lowest BCUT2D eigenvalue weighted by molar-refractivity contribution is -0.0588. The number of aliphatic hydroxyl groups excluding tert-OH is 2. The van der Waals surface area contributed by atoms with E-state index in [1.54, 1.807) is 13.2 Å². The molecule has 5 rings (SSSR count). The molecule has 1 aromatic heterocycles. The number of ether oxygens (including phenoxy) is 2. The van der Waals surface area contributed by atoms with Crippen LogP contribution < -0.4 is 9.47 Å². The second-order valence-corrected chi connectivity index (χ2v) is 9.08. The molecule has 2 aliphatic rings. The summed E-state index contributed by atoms with van der Waals surface area (Å²) in [4.78, 5) is 5.45. The molecule has 3 aromatic rings. The average molecular weight is 441 g/mol. The fourth-order valence-electron chi connectivity index (χ4n) is 5.28. The lowest BCUT2D eigenvalue weighted by atomic mass is 9.81. The highest BCUT2D eigenvalue weighted by molar-refractivity contribution is 5.85. The van der Waals surface area contributed by atoms with E-state index in [9.17, 15) is 14.6 Å². The summed E-state index contributed by atoms with van der Waals surface area (Å²) in [5, 5.41) is 22.4. The van der Waals surface area contributed by atoms with Gasteiger partial charge in [-0.05, 0) is 50.1 Å². The molecule has 0 bridgehead atoms. The number of hydrogen-bond donors (Lipinski definition) is 3. The van der Waals surface area contributed by atoms with E-state index in [2.05, 4.69) is 9.88 Å². The lowest BCUT2D eigenvalue weighted by Gasteiger charge is -2.46. The van der Waals surface area contributed by atoms with Crippen molar-refractivity contribution in [2.24, 2.45) is 0 Å². The number of aryl methyl sites for hydroxylation is 1. The number of aliphatic hydroxyl groups is 2. The zero-order valence-electron chi connectivity index (χ0n) is 18.4. The molecule has 0 aliphatic carbocycles. The number of hydrogen-bond acceptors (Lipinski definition) is 5. The molecule has 7 heteroatoms. The molecular formula is C25H29FN2O4. The van der Waals surface area contributed by atoms with E-state index in [1.165, 1.54) is 12.1 Å². The Bertz CT molecular complexity index is 1140. The van der Waals surface area contributed by atoms with Crippen LogP contribution in [0.5, 0.6) is 11.5 Å². The van der Waals surface area contributed by atoms with Gasteiger partial charge in [-0.15, -0.1) is 0 Å². The van der Waals surface area contributed by atoms with Crippen LogP contribution in [0.4, 0.5) is 4.39 Å². The van der Waals surface area contributed by atoms with E-state index in [-0.39, 0.29) is 5.82 Å². The van der Waals surface area contributed by atoms with Crippen LogP contribution in [0.25, 0.3) is 10.9 Å². The summed E-state index contributed by atoms with van der Waals surface area (Å²) in [6.07, 6.45) is 0.793. The minimum absolute atomic E-state index is 0.310. The fourth-order valence-corrected chi connectivity index (χ4v) is 5.28. The number of aromatic amines is 1. The number of halogens is 1. The van der Waals surface area contributed by atoms with Crippen molar-refractivity contribution in [3.8, 4) is 11.5 Å². The van der Waals surface area contributed by atoms with Crippen LogP contribution in [0.3, 0.4) is 0 Å². The van der Waals surface area contributed by atoms with Gasteiger partial charge >= 0.3 is 0 Å². The Hall–Kier alpha value is -2.61. The molecule has 0 radical (unpaired) electrons. The van der Waals surface area contributed by atoms with Crippen molar-refractivity contribution in [3.63, 3.8) is 0 Å². The van der Waals surface area contributed by atoms with Gasteiger partial charge in [-0.1, -0.05) is 0 Å². The summed E-state index contributed by atoms with van der Waals surface area (Å²) in [5.41, 5.74) is 2.83. The predicted molar refractivity (Wildman–Crippen MR) is 120 cm³/mol. The zero-order chi connectivity index (χ0) is 22.5. The van der Waals surface area contributed by atoms with Crippen molar-refractivity contribution in [1.82, 2.24) is 9.88 Å². The normalized spacial score (nSPS) is 21.3. The van der Waals surface area contributed by atoms with Gasteiger partial charge in [-0.3, -0.25) is 0 Å². The maximum absolute atomic E-state index is 13.8. The Morgan fingerprint density at radius 1 is 1.25 bits per heavy atom. The SMILES string of the molecule is COc1ccc2c(c1)OC1(CCN(CC(O)c3c(C)[nH]c4ccc(F)cc34)CC1)CC2O. The van der Waals surface area contributed by atoms with Gasteiger partial charge in [0.2, 0.25) is 0 Å². The first-order chi connectivity index (χ1) is 15.4. The number of piperidine rings is 1. The summed E-state index contributed by atoms with van der Waals surface area (Å²) in [6, 6.07) is 10.2. The van der Waals surface area contributed by atoms with Crippen molar-refractivity contribution >= 4 is 10.9 Å². The van der Waals surface area contributed by atoms with E-state index >= 15 is 0 Å². The molecule has 0 saturated carbocycles. The highest BCUT2D eigenvalue weighted by Crippen LogP contribution is 2.45. The molecular weight excluding hydrogens is 411 g/mol. The first-order valence-electron chi connectivity index (χ1n) is 11.1. The fraction of sp³-hybridized carbons (Fsp3) is 0.440. The quantitative estimate of drug-likeness (QED) is 0.572. The van der Waals surface area contributed by atoms with Crippen LogP contribution in [0, 0.1) is 12.7 Å². The number of aromatic nitrogens is 1.